The summed E-state index contributed by atoms with van der Waals surface area (Å²) >= 11 is 0. The van der Waals surface area contributed by atoms with Gasteiger partial charge in [0.2, 0.25) is 0 Å². The van der Waals surface area contributed by atoms with Gasteiger partial charge >= 0.3 is 0 Å². The molecule has 3 aromatic rings. The molecule has 20 heavy (non-hydrogen) atoms. The normalized spacial score (nSPS) is 12.9. The molecule has 2 heterocycles. The van der Waals surface area contributed by atoms with E-state index < -0.39 is 0 Å². The molecule has 0 amide bonds. The fraction of sp³-hybridized carbons (Fsp3) is 0.312. The van der Waals surface area contributed by atoms with E-state index in [9.17, 15) is 0 Å². The molecule has 0 bridgehead atoms. The molecule has 1 atom stereocenters. The van der Waals surface area contributed by atoms with Crippen molar-refractivity contribution < 1.29 is 4.42 Å². The molecule has 0 aliphatic heterocycles. The summed E-state index contributed by atoms with van der Waals surface area (Å²) in [7, 11) is 3.98. The molecule has 0 aliphatic rings. The van der Waals surface area contributed by atoms with E-state index in [0.717, 1.165) is 18.4 Å². The van der Waals surface area contributed by atoms with Crippen LogP contribution in [0.5, 0.6) is 0 Å². The number of benzene rings is 1. The topological polar surface area (TPSA) is 43.0 Å². The van der Waals surface area contributed by atoms with Crippen LogP contribution in [0.1, 0.15) is 23.7 Å². The standard InChI is InChI=1S/C16H19N3O/c1-17-15(8-7-12-9-10-18-19(12)2)14-11-20-16-6-4-3-5-13(14)16/h3-6,9-11,15,17H,7-8H2,1-2H3. The van der Waals surface area contributed by atoms with Gasteiger partial charge in [0.1, 0.15) is 5.58 Å². The number of aromatic nitrogens is 2. The van der Waals surface area contributed by atoms with Crippen molar-refractivity contribution >= 4 is 11.0 Å². The lowest BCUT2D eigenvalue weighted by Gasteiger charge is -2.15. The highest BCUT2D eigenvalue weighted by atomic mass is 16.3. The zero-order valence-corrected chi connectivity index (χ0v) is 11.8. The second-order valence-corrected chi connectivity index (χ2v) is 5.01. The highest BCUT2D eigenvalue weighted by molar-refractivity contribution is 5.81. The smallest absolute Gasteiger partial charge is 0.134 e. The van der Waals surface area contributed by atoms with Gasteiger partial charge in [0, 0.05) is 35.9 Å². The van der Waals surface area contributed by atoms with Gasteiger partial charge in [-0.25, -0.2) is 0 Å². The molecular weight excluding hydrogens is 250 g/mol. The molecule has 0 saturated carbocycles. The predicted octanol–water partition coefficient (Wildman–Crippen LogP) is 3.06. The van der Waals surface area contributed by atoms with Gasteiger partial charge in [0.05, 0.1) is 6.26 Å². The van der Waals surface area contributed by atoms with Crippen LogP contribution in [0.15, 0.2) is 47.2 Å². The molecule has 0 spiro atoms. The van der Waals surface area contributed by atoms with Crippen molar-refractivity contribution in [2.24, 2.45) is 7.05 Å². The van der Waals surface area contributed by atoms with Crippen LogP contribution in [-0.4, -0.2) is 16.8 Å². The van der Waals surface area contributed by atoms with E-state index in [1.165, 1.54) is 16.6 Å². The number of nitrogens with zero attached hydrogens (tertiary/aromatic N) is 2. The lowest BCUT2D eigenvalue weighted by molar-refractivity contribution is 0.524. The Bertz CT molecular complexity index is 698. The summed E-state index contributed by atoms with van der Waals surface area (Å²) in [5, 5.41) is 8.79. The molecule has 1 unspecified atom stereocenters. The molecule has 1 aromatic carbocycles. The lowest BCUT2D eigenvalue weighted by atomic mass is 10.0. The van der Waals surface area contributed by atoms with Crippen molar-refractivity contribution in [3.05, 3.63) is 54.0 Å². The number of hydrogen-bond donors (Lipinski definition) is 1. The number of nitrogens with one attached hydrogen (secondary N) is 1. The van der Waals surface area contributed by atoms with Gasteiger partial charge in [-0.2, -0.15) is 5.10 Å². The van der Waals surface area contributed by atoms with Gasteiger partial charge in [0.15, 0.2) is 0 Å². The Kier molecular flexibility index (Phi) is 3.56. The second-order valence-electron chi connectivity index (χ2n) is 5.01. The van der Waals surface area contributed by atoms with E-state index in [0.29, 0.717) is 0 Å². The first kappa shape index (κ1) is 12.9. The van der Waals surface area contributed by atoms with Gasteiger partial charge in [-0.3, -0.25) is 4.68 Å². The van der Waals surface area contributed by atoms with E-state index in [1.807, 2.05) is 43.4 Å². The molecule has 4 heteroatoms. The average Bonchev–Trinajstić information content (AvgIpc) is 3.07. The monoisotopic (exact) mass is 269 g/mol. The highest BCUT2D eigenvalue weighted by Gasteiger charge is 2.15. The largest absolute Gasteiger partial charge is 0.464 e. The first-order valence-electron chi connectivity index (χ1n) is 6.90. The van der Waals surface area contributed by atoms with Crippen molar-refractivity contribution in [1.82, 2.24) is 15.1 Å². The van der Waals surface area contributed by atoms with E-state index in [1.54, 1.807) is 0 Å². The minimum absolute atomic E-state index is 0.286. The predicted molar refractivity (Wildman–Crippen MR) is 79.5 cm³/mol. The minimum Gasteiger partial charge on any atom is -0.464 e. The van der Waals surface area contributed by atoms with Crippen LogP contribution in [0.2, 0.25) is 0 Å². The number of hydrogen-bond acceptors (Lipinski definition) is 3. The van der Waals surface area contributed by atoms with Crippen molar-refractivity contribution in [3.63, 3.8) is 0 Å². The Labute approximate surface area is 118 Å². The van der Waals surface area contributed by atoms with Crippen molar-refractivity contribution in [2.45, 2.75) is 18.9 Å². The van der Waals surface area contributed by atoms with Crippen LogP contribution in [0.3, 0.4) is 0 Å². The van der Waals surface area contributed by atoms with Crippen LogP contribution in [0.25, 0.3) is 11.0 Å². The summed E-state index contributed by atoms with van der Waals surface area (Å²) in [6.45, 7) is 0. The van der Waals surface area contributed by atoms with E-state index in [4.69, 9.17) is 4.42 Å². The zero-order chi connectivity index (χ0) is 13.9. The summed E-state index contributed by atoms with van der Waals surface area (Å²) in [6, 6.07) is 10.5. The molecule has 3 rings (SSSR count). The Morgan fingerprint density at radius 1 is 1.30 bits per heavy atom. The Hall–Kier alpha value is -2.07. The SMILES string of the molecule is CNC(CCc1ccnn1C)c1coc2ccccc12. The van der Waals surface area contributed by atoms with Gasteiger partial charge in [-0.15, -0.1) is 0 Å². The molecule has 0 radical (unpaired) electrons. The average molecular weight is 269 g/mol. The number of aryl methyl sites for hydroxylation is 2. The third kappa shape index (κ3) is 2.34. The summed E-state index contributed by atoms with van der Waals surface area (Å²) in [4.78, 5) is 0. The lowest BCUT2D eigenvalue weighted by Crippen LogP contribution is -2.17. The number of fused-ring (bicyclic) bond motifs is 1. The summed E-state index contributed by atoms with van der Waals surface area (Å²) in [5.41, 5.74) is 3.42. The quantitative estimate of drug-likeness (QED) is 0.774. The molecule has 2 aromatic heterocycles. The third-order valence-corrected chi connectivity index (χ3v) is 3.85. The van der Waals surface area contributed by atoms with E-state index in [-0.39, 0.29) is 6.04 Å². The number of rotatable bonds is 5. The minimum atomic E-state index is 0.286. The Morgan fingerprint density at radius 3 is 2.90 bits per heavy atom. The van der Waals surface area contributed by atoms with E-state index >= 15 is 0 Å². The van der Waals surface area contributed by atoms with Crippen LogP contribution in [0, 0.1) is 0 Å². The fourth-order valence-electron chi connectivity index (χ4n) is 2.66. The summed E-state index contributed by atoms with van der Waals surface area (Å²) in [6.07, 6.45) is 5.72. The van der Waals surface area contributed by atoms with E-state index in [2.05, 4.69) is 28.6 Å². The van der Waals surface area contributed by atoms with Gasteiger partial charge in [0.25, 0.3) is 0 Å². The van der Waals surface area contributed by atoms with Gasteiger partial charge in [-0.1, -0.05) is 18.2 Å². The number of para-hydroxylation sites is 1. The Balaban J connectivity index is 1.81. The molecule has 4 nitrogen and oxygen atoms in total. The maximum absolute atomic E-state index is 5.64. The highest BCUT2D eigenvalue weighted by Crippen LogP contribution is 2.28. The van der Waals surface area contributed by atoms with Gasteiger partial charge in [-0.05, 0) is 32.0 Å². The van der Waals surface area contributed by atoms with Crippen molar-refractivity contribution in [3.8, 4) is 0 Å². The summed E-state index contributed by atoms with van der Waals surface area (Å²) in [5.74, 6) is 0. The molecule has 0 aliphatic carbocycles. The van der Waals surface area contributed by atoms with Crippen LogP contribution >= 0.6 is 0 Å². The molecule has 104 valence electrons. The van der Waals surface area contributed by atoms with Crippen LogP contribution < -0.4 is 5.32 Å². The van der Waals surface area contributed by atoms with Crippen LogP contribution in [-0.2, 0) is 13.5 Å². The third-order valence-electron chi connectivity index (χ3n) is 3.85. The van der Waals surface area contributed by atoms with Gasteiger partial charge < -0.3 is 9.73 Å². The maximum atomic E-state index is 5.64. The van der Waals surface area contributed by atoms with Crippen molar-refractivity contribution in [1.29, 1.82) is 0 Å². The summed E-state index contributed by atoms with van der Waals surface area (Å²) < 4.78 is 7.57. The molecule has 1 N–H and O–H groups in total. The van der Waals surface area contributed by atoms with Crippen LogP contribution in [0.4, 0.5) is 0 Å². The number of furan rings is 1. The first-order chi connectivity index (χ1) is 9.79. The second kappa shape index (κ2) is 5.51. The zero-order valence-electron chi connectivity index (χ0n) is 11.8. The molecular formula is C16H19N3O. The molecule has 0 saturated heterocycles. The first-order valence-corrected chi connectivity index (χ1v) is 6.90. The Morgan fingerprint density at radius 2 is 2.15 bits per heavy atom. The maximum Gasteiger partial charge on any atom is 0.134 e. The fourth-order valence-corrected chi connectivity index (χ4v) is 2.66. The molecule has 0 fully saturated rings. The van der Waals surface area contributed by atoms with Crippen molar-refractivity contribution in [2.75, 3.05) is 7.05 Å².